The molecule has 2 saturated heterocycles. The number of hydrogen-bond donors (Lipinski definition) is 0. The van der Waals surface area contributed by atoms with Gasteiger partial charge >= 0.3 is 11.9 Å². The molecular weight excluding hydrogens is 303 g/mol. The fraction of sp³-hybridized carbons (Fsp3) is 0.789. The Morgan fingerprint density at radius 1 is 1.04 bits per heavy atom. The zero-order chi connectivity index (χ0) is 16.4. The molecule has 5 heteroatoms. The topological polar surface area (TPSA) is 52.6 Å². The van der Waals surface area contributed by atoms with Crippen molar-refractivity contribution in [1.82, 2.24) is 0 Å². The van der Waals surface area contributed by atoms with Gasteiger partial charge in [0, 0.05) is 7.11 Å². The van der Waals surface area contributed by atoms with E-state index in [0.717, 1.165) is 31.9 Å². The van der Waals surface area contributed by atoms with Crippen molar-refractivity contribution in [1.29, 1.82) is 0 Å². The van der Waals surface area contributed by atoms with Crippen LogP contribution in [0.5, 0.6) is 0 Å². The van der Waals surface area contributed by atoms with Crippen molar-refractivity contribution >= 4 is 18.9 Å². The van der Waals surface area contributed by atoms with Gasteiger partial charge in [0.15, 0.2) is 0 Å². The molecule has 0 aromatic rings. The van der Waals surface area contributed by atoms with Crippen LogP contribution in [0.3, 0.4) is 0 Å². The second-order valence-corrected chi connectivity index (χ2v) is 8.62. The van der Waals surface area contributed by atoms with E-state index >= 15 is 0 Å². The molecule has 4 fully saturated rings. The van der Waals surface area contributed by atoms with Crippen LogP contribution in [0.25, 0.3) is 0 Å². The number of hydrogen-bond acceptors (Lipinski definition) is 4. The van der Waals surface area contributed by atoms with Gasteiger partial charge in [-0.15, -0.1) is 0 Å². The number of carbonyl (C=O) groups excluding carboxylic acids is 2. The molecule has 128 valence electrons. The standard InChI is InChI=1S/C19H25BO4/c1-23-20-8-10-6-11(9-20)15-14(7-10)12-4-2-3-5-13(12)16-17(15)19(22)24-18(16)21/h10-11,13,15-17H,2-9H2,1H3. The minimum Gasteiger partial charge on any atom is -0.438 e. The molecule has 2 saturated carbocycles. The monoisotopic (exact) mass is 328 g/mol. The molecule has 4 nitrogen and oxygen atoms in total. The first-order valence-electron chi connectivity index (χ1n) is 9.67. The van der Waals surface area contributed by atoms with Gasteiger partial charge in [-0.2, -0.15) is 0 Å². The van der Waals surface area contributed by atoms with E-state index < -0.39 is 0 Å². The zero-order valence-electron chi connectivity index (χ0n) is 14.3. The molecule has 0 aromatic carbocycles. The summed E-state index contributed by atoms with van der Waals surface area (Å²) in [5.41, 5.74) is 3.10. The predicted molar refractivity (Wildman–Crippen MR) is 89.1 cm³/mol. The van der Waals surface area contributed by atoms with E-state index in [0.29, 0.717) is 18.8 Å². The molecule has 2 heterocycles. The maximum atomic E-state index is 12.6. The van der Waals surface area contributed by atoms with Gasteiger partial charge in [-0.25, -0.2) is 0 Å². The summed E-state index contributed by atoms with van der Waals surface area (Å²) < 4.78 is 10.8. The number of carbonyl (C=O) groups is 2. The third-order valence-corrected chi connectivity index (χ3v) is 7.57. The molecule has 2 bridgehead atoms. The molecule has 0 spiro atoms. The van der Waals surface area contributed by atoms with Gasteiger partial charge in [-0.05, 0) is 68.4 Å². The molecule has 24 heavy (non-hydrogen) atoms. The van der Waals surface area contributed by atoms with Gasteiger partial charge in [-0.3, -0.25) is 9.59 Å². The van der Waals surface area contributed by atoms with Gasteiger partial charge in [0.05, 0.1) is 11.8 Å². The maximum absolute atomic E-state index is 12.6. The lowest BCUT2D eigenvalue weighted by atomic mass is 9.42. The van der Waals surface area contributed by atoms with Crippen LogP contribution in [0, 0.1) is 35.5 Å². The van der Waals surface area contributed by atoms with Crippen LogP contribution < -0.4 is 0 Å². The van der Waals surface area contributed by atoms with Crippen LogP contribution in [0.15, 0.2) is 11.1 Å². The average Bonchev–Trinajstić information content (AvgIpc) is 2.89. The summed E-state index contributed by atoms with van der Waals surface area (Å²) in [6.45, 7) is 0.316. The van der Waals surface area contributed by atoms with E-state index in [-0.39, 0.29) is 35.6 Å². The van der Waals surface area contributed by atoms with E-state index in [1.807, 2.05) is 0 Å². The second kappa shape index (κ2) is 5.45. The average molecular weight is 328 g/mol. The van der Waals surface area contributed by atoms with Crippen LogP contribution >= 0.6 is 0 Å². The van der Waals surface area contributed by atoms with Crippen molar-refractivity contribution in [2.24, 2.45) is 35.5 Å². The van der Waals surface area contributed by atoms with Crippen LogP contribution in [-0.2, 0) is 19.0 Å². The third kappa shape index (κ3) is 2.03. The second-order valence-electron chi connectivity index (χ2n) is 8.62. The zero-order valence-corrected chi connectivity index (χ0v) is 14.3. The molecule has 0 N–H and O–H groups in total. The molecule has 2 aliphatic heterocycles. The first-order chi connectivity index (χ1) is 11.7. The lowest BCUT2D eigenvalue weighted by molar-refractivity contribution is -0.154. The minimum atomic E-state index is -0.241. The highest BCUT2D eigenvalue weighted by atomic mass is 16.6. The van der Waals surface area contributed by atoms with Crippen LogP contribution in [0.2, 0.25) is 12.6 Å². The number of rotatable bonds is 1. The summed E-state index contributed by atoms with van der Waals surface area (Å²) in [5.74, 6) is 0.823. The van der Waals surface area contributed by atoms with E-state index in [2.05, 4.69) is 0 Å². The van der Waals surface area contributed by atoms with Gasteiger partial charge in [0.25, 0.3) is 6.92 Å². The summed E-state index contributed by atoms with van der Waals surface area (Å²) >= 11 is 0. The summed E-state index contributed by atoms with van der Waals surface area (Å²) in [6, 6.07) is 0. The van der Waals surface area contributed by atoms with E-state index in [1.165, 1.54) is 19.3 Å². The fourth-order valence-electron chi connectivity index (χ4n) is 6.81. The molecule has 6 unspecified atom stereocenters. The highest BCUT2D eigenvalue weighted by molar-refractivity contribution is 6.52. The molecular formula is C19H25BO4. The number of fused-ring (bicyclic) bond motifs is 8. The van der Waals surface area contributed by atoms with E-state index in [1.54, 1.807) is 18.3 Å². The first kappa shape index (κ1) is 15.2. The first-order valence-corrected chi connectivity index (χ1v) is 9.67. The third-order valence-electron chi connectivity index (χ3n) is 7.57. The molecule has 0 amide bonds. The molecule has 3 aliphatic carbocycles. The Morgan fingerprint density at radius 2 is 1.88 bits per heavy atom. The normalized spacial score (nSPS) is 44.0. The van der Waals surface area contributed by atoms with Crippen molar-refractivity contribution in [2.45, 2.75) is 51.2 Å². The van der Waals surface area contributed by atoms with E-state index in [9.17, 15) is 9.59 Å². The Hall–Kier alpha value is -1.10. The Kier molecular flexibility index (Phi) is 3.45. The highest BCUT2D eigenvalue weighted by Crippen LogP contribution is 2.60. The van der Waals surface area contributed by atoms with Gasteiger partial charge < -0.3 is 9.39 Å². The minimum absolute atomic E-state index is 0.193. The SMILES string of the molecule is COB1CC2CC3=C4CCCCC4C4C(=O)OC(=O)C4C3C(C1)C2. The number of cyclic esters (lactones) is 2. The molecule has 5 rings (SSSR count). The largest absolute Gasteiger partial charge is 0.438 e. The Balaban J connectivity index is 1.61. The Labute approximate surface area is 143 Å². The molecule has 0 radical (unpaired) electrons. The van der Waals surface area contributed by atoms with Crippen molar-refractivity contribution in [2.75, 3.05) is 7.11 Å². The van der Waals surface area contributed by atoms with Crippen molar-refractivity contribution in [3.63, 3.8) is 0 Å². The summed E-state index contributed by atoms with van der Waals surface area (Å²) in [7, 11) is 1.80. The lowest BCUT2D eigenvalue weighted by Crippen LogP contribution is -2.48. The van der Waals surface area contributed by atoms with Crippen LogP contribution in [0.1, 0.15) is 38.5 Å². The van der Waals surface area contributed by atoms with Crippen LogP contribution in [-0.4, -0.2) is 26.0 Å². The van der Waals surface area contributed by atoms with Gasteiger partial charge in [-0.1, -0.05) is 17.6 Å². The Morgan fingerprint density at radius 3 is 2.71 bits per heavy atom. The van der Waals surface area contributed by atoms with Crippen molar-refractivity contribution in [3.05, 3.63) is 11.1 Å². The summed E-state index contributed by atoms with van der Waals surface area (Å²) in [5, 5.41) is 0. The number of allylic oxidation sites excluding steroid dienone is 2. The molecule has 0 aromatic heterocycles. The maximum Gasteiger partial charge on any atom is 0.318 e. The highest BCUT2D eigenvalue weighted by Gasteiger charge is 2.60. The van der Waals surface area contributed by atoms with Crippen molar-refractivity contribution < 1.29 is 19.0 Å². The molecule has 5 aliphatic rings. The van der Waals surface area contributed by atoms with Crippen LogP contribution in [0.4, 0.5) is 0 Å². The predicted octanol–water partition coefficient (Wildman–Crippen LogP) is 3.10. The number of esters is 2. The smallest absolute Gasteiger partial charge is 0.318 e. The van der Waals surface area contributed by atoms with Gasteiger partial charge in [0.1, 0.15) is 0 Å². The lowest BCUT2D eigenvalue weighted by Gasteiger charge is -2.51. The summed E-state index contributed by atoms with van der Waals surface area (Å²) in [6.07, 6.45) is 9.10. The fourth-order valence-corrected chi connectivity index (χ4v) is 6.81. The number of ether oxygens (including phenoxy) is 1. The van der Waals surface area contributed by atoms with Crippen molar-refractivity contribution in [3.8, 4) is 0 Å². The molecule has 6 atom stereocenters. The van der Waals surface area contributed by atoms with Gasteiger partial charge in [0.2, 0.25) is 0 Å². The van der Waals surface area contributed by atoms with E-state index in [4.69, 9.17) is 9.39 Å². The summed E-state index contributed by atoms with van der Waals surface area (Å²) in [4.78, 5) is 25.0. The Bertz CT molecular complexity index is 627. The quantitative estimate of drug-likeness (QED) is 0.321.